The van der Waals surface area contributed by atoms with Crippen LogP contribution in [0.4, 0.5) is 11.5 Å². The number of anilines is 2. The summed E-state index contributed by atoms with van der Waals surface area (Å²) >= 11 is 6.35. The second-order valence-corrected chi connectivity index (χ2v) is 9.44. The van der Waals surface area contributed by atoms with Crippen molar-refractivity contribution in [3.8, 4) is 17.1 Å². The zero-order valence-corrected chi connectivity index (χ0v) is 22.3. The third kappa shape index (κ3) is 5.92. The number of benzene rings is 2. The molecule has 0 unspecified atom stereocenters. The number of methoxy groups -OCH3 is 2. The van der Waals surface area contributed by atoms with Crippen LogP contribution in [0.15, 0.2) is 54.9 Å². The maximum Gasteiger partial charge on any atom is 0.257 e. The second-order valence-electron chi connectivity index (χ2n) is 9.03. The topological polar surface area (TPSA) is 119 Å². The van der Waals surface area contributed by atoms with Crippen molar-refractivity contribution < 1.29 is 19.1 Å². The molecule has 2 amide bonds. The number of aromatic nitrogens is 3. The summed E-state index contributed by atoms with van der Waals surface area (Å²) in [6.07, 6.45) is 4.43. The van der Waals surface area contributed by atoms with Crippen molar-refractivity contribution in [3.63, 3.8) is 0 Å². The number of fused-ring (bicyclic) bond motifs is 1. The van der Waals surface area contributed by atoms with Crippen LogP contribution >= 0.6 is 11.6 Å². The predicted octanol–water partition coefficient (Wildman–Crippen LogP) is 4.08. The van der Waals surface area contributed by atoms with Crippen molar-refractivity contribution in [2.45, 2.75) is 13.0 Å². The van der Waals surface area contributed by atoms with Crippen molar-refractivity contribution in [3.05, 3.63) is 71.0 Å². The Balaban J connectivity index is 1.43. The fourth-order valence-corrected chi connectivity index (χ4v) is 4.38. The molecule has 0 spiro atoms. The van der Waals surface area contributed by atoms with Crippen molar-refractivity contribution in [2.24, 2.45) is 0 Å². The SMILES string of the molecule is COCC(=O)NCc1ccc(Cl)c(C(=O)Nc2ccc3c(N4CCC4)nc(-c4cncc(OC)c4)nc3c2)c1. The summed E-state index contributed by atoms with van der Waals surface area (Å²) in [5.41, 5.74) is 3.00. The van der Waals surface area contributed by atoms with Crippen LogP contribution in [-0.4, -0.2) is 60.7 Å². The zero-order valence-electron chi connectivity index (χ0n) is 21.5. The summed E-state index contributed by atoms with van der Waals surface area (Å²) < 4.78 is 10.1. The summed E-state index contributed by atoms with van der Waals surface area (Å²) in [4.78, 5) is 41.0. The molecule has 4 aromatic rings. The van der Waals surface area contributed by atoms with Crippen LogP contribution < -0.4 is 20.3 Å². The van der Waals surface area contributed by atoms with Gasteiger partial charge in [-0.25, -0.2) is 9.97 Å². The number of rotatable bonds is 9. The van der Waals surface area contributed by atoms with E-state index in [4.69, 9.17) is 31.0 Å². The molecule has 2 aromatic heterocycles. The molecular formula is C28H27ClN6O4. The van der Waals surface area contributed by atoms with Gasteiger partial charge in [0.1, 0.15) is 18.2 Å². The molecule has 39 heavy (non-hydrogen) atoms. The number of nitrogens with one attached hydrogen (secondary N) is 2. The van der Waals surface area contributed by atoms with E-state index in [-0.39, 0.29) is 25.0 Å². The standard InChI is InChI=1S/C28H27ClN6O4/c1-38-16-25(36)31-13-17-4-7-23(29)22(10-17)28(37)32-19-5-6-21-24(12-19)33-26(34-27(21)35-8-3-9-35)18-11-20(39-2)15-30-14-18/h4-7,10-12,14-15H,3,8-9,13,16H2,1-2H3,(H,31,36)(H,32,37). The summed E-state index contributed by atoms with van der Waals surface area (Å²) in [5, 5.41) is 6.85. The monoisotopic (exact) mass is 546 g/mol. The van der Waals surface area contributed by atoms with E-state index in [9.17, 15) is 9.59 Å². The highest BCUT2D eigenvalue weighted by Gasteiger charge is 2.21. The Hall–Kier alpha value is -4.28. The van der Waals surface area contributed by atoms with Gasteiger partial charge in [-0.1, -0.05) is 17.7 Å². The number of ether oxygens (including phenoxy) is 2. The fourth-order valence-electron chi connectivity index (χ4n) is 4.18. The number of carbonyl (C=O) groups is 2. The summed E-state index contributed by atoms with van der Waals surface area (Å²) in [6.45, 7) is 2.04. The summed E-state index contributed by atoms with van der Waals surface area (Å²) in [5.74, 6) is 1.34. The van der Waals surface area contributed by atoms with E-state index in [1.807, 2.05) is 24.3 Å². The highest BCUT2D eigenvalue weighted by molar-refractivity contribution is 6.34. The van der Waals surface area contributed by atoms with Gasteiger partial charge in [0, 0.05) is 49.6 Å². The molecule has 1 aliphatic rings. The molecule has 0 radical (unpaired) electrons. The van der Waals surface area contributed by atoms with Crippen molar-refractivity contribution in [1.29, 1.82) is 0 Å². The molecule has 1 saturated heterocycles. The average molecular weight is 547 g/mol. The molecule has 1 fully saturated rings. The zero-order chi connectivity index (χ0) is 27.4. The molecule has 11 heteroatoms. The molecule has 0 bridgehead atoms. The summed E-state index contributed by atoms with van der Waals surface area (Å²) in [7, 11) is 3.04. The minimum absolute atomic E-state index is 0.0397. The summed E-state index contributed by atoms with van der Waals surface area (Å²) in [6, 6.07) is 12.4. The smallest absolute Gasteiger partial charge is 0.257 e. The van der Waals surface area contributed by atoms with Gasteiger partial charge in [-0.3, -0.25) is 14.6 Å². The van der Waals surface area contributed by atoms with Gasteiger partial charge in [-0.2, -0.15) is 0 Å². The Kier molecular flexibility index (Phi) is 7.85. The number of hydrogen-bond donors (Lipinski definition) is 2. The minimum atomic E-state index is -0.376. The normalized spacial score (nSPS) is 12.6. The number of halogens is 1. The molecule has 0 atom stereocenters. The number of pyridine rings is 1. The largest absolute Gasteiger partial charge is 0.495 e. The Morgan fingerprint density at radius 3 is 2.64 bits per heavy atom. The lowest BCUT2D eigenvalue weighted by atomic mass is 10.1. The predicted molar refractivity (Wildman–Crippen MR) is 149 cm³/mol. The highest BCUT2D eigenvalue weighted by Crippen LogP contribution is 2.32. The van der Waals surface area contributed by atoms with E-state index in [0.29, 0.717) is 33.4 Å². The van der Waals surface area contributed by atoms with Crippen LogP contribution in [0.25, 0.3) is 22.3 Å². The molecule has 2 N–H and O–H groups in total. The Morgan fingerprint density at radius 1 is 1.05 bits per heavy atom. The molecule has 1 aliphatic heterocycles. The van der Waals surface area contributed by atoms with E-state index >= 15 is 0 Å². The van der Waals surface area contributed by atoms with Gasteiger partial charge in [0.25, 0.3) is 5.91 Å². The van der Waals surface area contributed by atoms with Gasteiger partial charge in [0.2, 0.25) is 5.91 Å². The molecular weight excluding hydrogens is 520 g/mol. The lowest BCUT2D eigenvalue weighted by Crippen LogP contribution is -2.37. The number of nitrogens with zero attached hydrogens (tertiary/aromatic N) is 4. The van der Waals surface area contributed by atoms with Crippen LogP contribution in [-0.2, 0) is 16.1 Å². The molecule has 5 rings (SSSR count). The van der Waals surface area contributed by atoms with E-state index < -0.39 is 0 Å². The van der Waals surface area contributed by atoms with Crippen molar-refractivity contribution in [2.75, 3.05) is 44.1 Å². The number of hydrogen-bond acceptors (Lipinski definition) is 8. The van der Waals surface area contributed by atoms with E-state index in [2.05, 4.69) is 20.5 Å². The first-order valence-corrected chi connectivity index (χ1v) is 12.7. The molecule has 0 saturated carbocycles. The van der Waals surface area contributed by atoms with Crippen molar-refractivity contribution >= 4 is 45.8 Å². The fraction of sp³-hybridized carbons (Fsp3) is 0.250. The Bertz CT molecular complexity index is 1540. The van der Waals surface area contributed by atoms with Gasteiger partial charge in [0.05, 0.1) is 29.4 Å². The number of carbonyl (C=O) groups excluding carboxylic acids is 2. The van der Waals surface area contributed by atoms with Crippen LogP contribution in [0.1, 0.15) is 22.3 Å². The van der Waals surface area contributed by atoms with Crippen LogP contribution in [0.3, 0.4) is 0 Å². The van der Waals surface area contributed by atoms with E-state index in [0.717, 1.165) is 41.8 Å². The van der Waals surface area contributed by atoms with Gasteiger partial charge in [-0.05, 0) is 48.4 Å². The first-order chi connectivity index (χ1) is 18.9. The van der Waals surface area contributed by atoms with Gasteiger partial charge in [0.15, 0.2) is 5.82 Å². The minimum Gasteiger partial charge on any atom is -0.495 e. The quantitative estimate of drug-likeness (QED) is 0.322. The lowest BCUT2D eigenvalue weighted by Gasteiger charge is -2.33. The average Bonchev–Trinajstić information content (AvgIpc) is 2.91. The van der Waals surface area contributed by atoms with Gasteiger partial charge in [-0.15, -0.1) is 0 Å². The van der Waals surface area contributed by atoms with E-state index in [1.165, 1.54) is 7.11 Å². The first kappa shape index (κ1) is 26.3. The van der Waals surface area contributed by atoms with Crippen LogP contribution in [0, 0.1) is 0 Å². The van der Waals surface area contributed by atoms with Gasteiger partial charge < -0.3 is 25.0 Å². The Labute approximate surface area is 230 Å². The maximum absolute atomic E-state index is 13.2. The third-order valence-electron chi connectivity index (χ3n) is 6.34. The second kappa shape index (κ2) is 11.6. The van der Waals surface area contributed by atoms with Crippen LogP contribution in [0.5, 0.6) is 5.75 Å². The van der Waals surface area contributed by atoms with Crippen LogP contribution in [0.2, 0.25) is 5.02 Å². The highest BCUT2D eigenvalue weighted by atomic mass is 35.5. The van der Waals surface area contributed by atoms with E-state index in [1.54, 1.807) is 37.7 Å². The van der Waals surface area contributed by atoms with Crippen molar-refractivity contribution in [1.82, 2.24) is 20.3 Å². The molecule has 10 nitrogen and oxygen atoms in total. The number of amides is 2. The maximum atomic E-state index is 13.2. The molecule has 0 aliphatic carbocycles. The Morgan fingerprint density at radius 2 is 1.90 bits per heavy atom. The third-order valence-corrected chi connectivity index (χ3v) is 6.67. The molecule has 200 valence electrons. The lowest BCUT2D eigenvalue weighted by molar-refractivity contribution is -0.124. The first-order valence-electron chi connectivity index (χ1n) is 12.4. The van der Waals surface area contributed by atoms with Gasteiger partial charge >= 0.3 is 0 Å². The molecule has 2 aromatic carbocycles. The molecule has 3 heterocycles.